The van der Waals surface area contributed by atoms with E-state index in [1.165, 1.54) is 39.9 Å². The van der Waals surface area contributed by atoms with Crippen molar-refractivity contribution < 1.29 is 13.2 Å². The van der Waals surface area contributed by atoms with E-state index in [1.54, 1.807) is 0 Å². The standard InChI is InChI=1S/C25H23N3O3S2/c1-17-9-14-22-23(16-17)32-25(27(22)2)26-24(29)19-10-12-20(13-11-19)33(30,31)28-15-5-7-18-6-3-4-8-21(18)28/h3-4,6,8-14,16H,5,7,15H2,1-2H3. The van der Waals surface area contributed by atoms with E-state index < -0.39 is 15.9 Å². The lowest BCUT2D eigenvalue weighted by molar-refractivity contribution is 0.0998. The van der Waals surface area contributed by atoms with Crippen LogP contribution in [0.1, 0.15) is 27.9 Å². The minimum Gasteiger partial charge on any atom is -0.319 e. The molecule has 5 rings (SSSR count). The Morgan fingerprint density at radius 2 is 1.79 bits per heavy atom. The van der Waals surface area contributed by atoms with Crippen LogP contribution < -0.4 is 9.11 Å². The predicted octanol–water partition coefficient (Wildman–Crippen LogP) is 4.43. The van der Waals surface area contributed by atoms with Crippen molar-refractivity contribution in [3.63, 3.8) is 0 Å². The van der Waals surface area contributed by atoms with Crippen LogP contribution in [-0.2, 0) is 23.5 Å². The number of thiazole rings is 1. The van der Waals surface area contributed by atoms with Gasteiger partial charge in [0.05, 0.1) is 20.8 Å². The van der Waals surface area contributed by atoms with Gasteiger partial charge in [0, 0.05) is 19.2 Å². The molecule has 1 aliphatic rings. The van der Waals surface area contributed by atoms with Crippen molar-refractivity contribution in [1.29, 1.82) is 0 Å². The molecule has 0 N–H and O–H groups in total. The summed E-state index contributed by atoms with van der Waals surface area (Å²) < 4.78 is 31.0. The van der Waals surface area contributed by atoms with Crippen molar-refractivity contribution in [3.8, 4) is 0 Å². The molecule has 2 heterocycles. The molecule has 6 nitrogen and oxygen atoms in total. The van der Waals surface area contributed by atoms with Crippen LogP contribution >= 0.6 is 11.3 Å². The zero-order valence-electron chi connectivity index (χ0n) is 18.4. The number of rotatable bonds is 3. The number of para-hydroxylation sites is 1. The third-order valence-electron chi connectivity index (χ3n) is 5.92. The summed E-state index contributed by atoms with van der Waals surface area (Å²) >= 11 is 1.45. The summed E-state index contributed by atoms with van der Waals surface area (Å²) in [6.07, 6.45) is 1.64. The normalized spacial score (nSPS) is 14.5. The first-order valence-corrected chi connectivity index (χ1v) is 13.0. The van der Waals surface area contributed by atoms with Gasteiger partial charge >= 0.3 is 0 Å². The minimum absolute atomic E-state index is 0.165. The lowest BCUT2D eigenvalue weighted by Gasteiger charge is -2.30. The summed E-state index contributed by atoms with van der Waals surface area (Å²) in [5.41, 5.74) is 4.27. The van der Waals surface area contributed by atoms with E-state index in [0.717, 1.165) is 39.9 Å². The molecule has 0 spiro atoms. The highest BCUT2D eigenvalue weighted by molar-refractivity contribution is 7.92. The molecule has 0 atom stereocenters. The Balaban J connectivity index is 1.45. The zero-order valence-corrected chi connectivity index (χ0v) is 20.0. The smallest absolute Gasteiger partial charge is 0.279 e. The molecule has 33 heavy (non-hydrogen) atoms. The predicted molar refractivity (Wildman–Crippen MR) is 131 cm³/mol. The number of aromatic nitrogens is 1. The quantitative estimate of drug-likeness (QED) is 0.438. The number of anilines is 1. The number of aryl methyl sites for hydroxylation is 3. The Kier molecular flexibility index (Phi) is 5.42. The average Bonchev–Trinajstić information content (AvgIpc) is 3.12. The number of hydrogen-bond donors (Lipinski definition) is 0. The number of carbonyl (C=O) groups excluding carboxylic acids is 1. The highest BCUT2D eigenvalue weighted by Crippen LogP contribution is 2.31. The van der Waals surface area contributed by atoms with Crippen LogP contribution in [0.3, 0.4) is 0 Å². The number of nitrogens with zero attached hydrogens (tertiary/aromatic N) is 3. The first-order valence-electron chi connectivity index (χ1n) is 10.7. The van der Waals surface area contributed by atoms with Crippen LogP contribution in [0.2, 0.25) is 0 Å². The highest BCUT2D eigenvalue weighted by atomic mass is 32.2. The average molecular weight is 478 g/mol. The maximum Gasteiger partial charge on any atom is 0.279 e. The van der Waals surface area contributed by atoms with E-state index in [2.05, 4.69) is 11.1 Å². The van der Waals surface area contributed by atoms with Gasteiger partial charge in [0.25, 0.3) is 15.9 Å². The molecular weight excluding hydrogens is 454 g/mol. The van der Waals surface area contributed by atoms with Gasteiger partial charge in [-0.2, -0.15) is 4.99 Å². The molecule has 4 aromatic rings. The second-order valence-corrected chi connectivity index (χ2v) is 11.0. The molecule has 0 saturated carbocycles. The van der Waals surface area contributed by atoms with Gasteiger partial charge in [0.2, 0.25) is 0 Å². The van der Waals surface area contributed by atoms with E-state index in [9.17, 15) is 13.2 Å². The summed E-state index contributed by atoms with van der Waals surface area (Å²) in [6, 6.07) is 19.8. The molecule has 0 bridgehead atoms. The van der Waals surface area contributed by atoms with E-state index in [0.29, 0.717) is 16.9 Å². The van der Waals surface area contributed by atoms with E-state index in [1.807, 2.05) is 54.9 Å². The number of benzene rings is 3. The lowest BCUT2D eigenvalue weighted by atomic mass is 10.0. The van der Waals surface area contributed by atoms with Crippen LogP contribution in [0.5, 0.6) is 0 Å². The minimum atomic E-state index is -3.72. The largest absolute Gasteiger partial charge is 0.319 e. The van der Waals surface area contributed by atoms with Crippen molar-refractivity contribution in [2.24, 2.45) is 12.0 Å². The van der Waals surface area contributed by atoms with Gasteiger partial charge in [0.1, 0.15) is 0 Å². The molecule has 1 aromatic heterocycles. The summed E-state index contributed by atoms with van der Waals surface area (Å²) in [5.74, 6) is -0.402. The second-order valence-electron chi connectivity index (χ2n) is 8.17. The van der Waals surface area contributed by atoms with Crippen molar-refractivity contribution in [1.82, 2.24) is 4.57 Å². The monoisotopic (exact) mass is 477 g/mol. The first-order chi connectivity index (χ1) is 15.8. The van der Waals surface area contributed by atoms with Crippen LogP contribution in [0.25, 0.3) is 10.2 Å². The Labute approximate surface area is 196 Å². The Hall–Kier alpha value is -3.23. The number of sulfonamides is 1. The SMILES string of the molecule is Cc1ccc2c(c1)sc(=NC(=O)c1ccc(S(=O)(=O)N3CCCc4ccccc43)cc1)n2C. The number of fused-ring (bicyclic) bond motifs is 2. The summed E-state index contributed by atoms with van der Waals surface area (Å²) in [4.78, 5) is 17.9. The molecule has 0 fully saturated rings. The van der Waals surface area contributed by atoms with Gasteiger partial charge in [-0.3, -0.25) is 9.10 Å². The van der Waals surface area contributed by atoms with Crippen LogP contribution in [0.4, 0.5) is 5.69 Å². The van der Waals surface area contributed by atoms with Gasteiger partial charge in [-0.15, -0.1) is 0 Å². The summed E-state index contributed by atoms with van der Waals surface area (Å²) in [6.45, 7) is 2.47. The fourth-order valence-electron chi connectivity index (χ4n) is 4.14. The Morgan fingerprint density at radius 3 is 2.58 bits per heavy atom. The number of hydrogen-bond acceptors (Lipinski definition) is 4. The van der Waals surface area contributed by atoms with Crippen molar-refractivity contribution >= 4 is 43.2 Å². The molecule has 168 valence electrons. The molecule has 0 unspecified atom stereocenters. The molecule has 0 saturated heterocycles. The summed E-state index contributed by atoms with van der Waals surface area (Å²) in [5, 5.41) is 0. The van der Waals surface area contributed by atoms with Gasteiger partial charge in [-0.05, 0) is 73.4 Å². The molecule has 0 radical (unpaired) electrons. The fourth-order valence-corrected chi connectivity index (χ4v) is 6.80. The van der Waals surface area contributed by atoms with E-state index in [4.69, 9.17) is 0 Å². The number of carbonyl (C=O) groups is 1. The van der Waals surface area contributed by atoms with Crippen molar-refractivity contribution in [2.45, 2.75) is 24.7 Å². The molecule has 3 aromatic carbocycles. The Bertz CT molecular complexity index is 1550. The van der Waals surface area contributed by atoms with Crippen LogP contribution in [-0.4, -0.2) is 25.4 Å². The molecule has 1 amide bonds. The van der Waals surface area contributed by atoms with Gasteiger partial charge in [0.15, 0.2) is 4.80 Å². The molecule has 8 heteroatoms. The Morgan fingerprint density at radius 1 is 1.03 bits per heavy atom. The highest BCUT2D eigenvalue weighted by Gasteiger charge is 2.28. The third-order valence-corrected chi connectivity index (χ3v) is 8.84. The number of amides is 1. The first kappa shape index (κ1) is 21.6. The maximum atomic E-state index is 13.3. The van der Waals surface area contributed by atoms with Crippen LogP contribution in [0, 0.1) is 6.92 Å². The van der Waals surface area contributed by atoms with Gasteiger partial charge in [-0.25, -0.2) is 8.42 Å². The fraction of sp³-hybridized carbons (Fsp3) is 0.200. The van der Waals surface area contributed by atoms with E-state index >= 15 is 0 Å². The molecule has 0 aliphatic carbocycles. The van der Waals surface area contributed by atoms with Crippen molar-refractivity contribution in [3.05, 3.63) is 88.2 Å². The maximum absolute atomic E-state index is 13.3. The summed E-state index contributed by atoms with van der Waals surface area (Å²) in [7, 11) is -1.83. The molecule has 1 aliphatic heterocycles. The third kappa shape index (κ3) is 3.89. The zero-order chi connectivity index (χ0) is 23.2. The topological polar surface area (TPSA) is 71.7 Å². The van der Waals surface area contributed by atoms with Gasteiger partial charge in [-0.1, -0.05) is 35.6 Å². The van der Waals surface area contributed by atoms with Crippen molar-refractivity contribution in [2.75, 3.05) is 10.8 Å². The second kappa shape index (κ2) is 8.28. The lowest BCUT2D eigenvalue weighted by Crippen LogP contribution is -2.35. The van der Waals surface area contributed by atoms with E-state index in [-0.39, 0.29) is 4.90 Å². The van der Waals surface area contributed by atoms with Gasteiger partial charge < -0.3 is 4.57 Å². The molecular formula is C25H23N3O3S2. The van der Waals surface area contributed by atoms with Crippen LogP contribution in [0.15, 0.2) is 76.6 Å².